The van der Waals surface area contributed by atoms with Gasteiger partial charge in [-0.2, -0.15) is 5.26 Å². The van der Waals surface area contributed by atoms with Crippen LogP contribution in [0.15, 0.2) is 36.4 Å². The van der Waals surface area contributed by atoms with Gasteiger partial charge in [-0.1, -0.05) is 52.0 Å². The molecule has 162 valence electrons. The van der Waals surface area contributed by atoms with E-state index in [1.54, 1.807) is 30.3 Å². The number of pyridine rings is 1. The summed E-state index contributed by atoms with van der Waals surface area (Å²) in [5.41, 5.74) is 4.67. The Kier molecular flexibility index (Phi) is 8.57. The van der Waals surface area contributed by atoms with Gasteiger partial charge in [-0.15, -0.1) is 0 Å². The van der Waals surface area contributed by atoms with Gasteiger partial charge in [0.2, 0.25) is 0 Å². The van der Waals surface area contributed by atoms with Crippen LogP contribution in [-0.2, 0) is 19.3 Å². The topological polar surface area (TPSA) is 94.2 Å². The zero-order valence-electron chi connectivity index (χ0n) is 18.7. The van der Waals surface area contributed by atoms with Crippen molar-refractivity contribution in [2.45, 2.75) is 59.8 Å². The lowest BCUT2D eigenvalue weighted by Gasteiger charge is -2.19. The fourth-order valence-corrected chi connectivity index (χ4v) is 3.83. The van der Waals surface area contributed by atoms with Crippen LogP contribution in [0.4, 0.5) is 0 Å². The standard InChI is InChI=1S/C22H18N2O3.2C2H6/c23-12-14-7-5-13(6-8-14)11-18-21(25)19(22(26)27)17-10-9-15-3-1-2-4-16(15)20(17)24-18;2*1-2/h5-10,25H,1-4,11H2,(H,26,27);2*1-2H3. The molecule has 0 fully saturated rings. The average molecular weight is 419 g/mol. The molecule has 0 spiro atoms. The Balaban J connectivity index is 0.000000807. The summed E-state index contributed by atoms with van der Waals surface area (Å²) in [5.74, 6) is -1.44. The Morgan fingerprint density at radius 2 is 1.68 bits per heavy atom. The Morgan fingerprint density at radius 1 is 1.03 bits per heavy atom. The van der Waals surface area contributed by atoms with E-state index in [1.807, 2.05) is 33.8 Å². The van der Waals surface area contributed by atoms with Crippen molar-refractivity contribution >= 4 is 16.9 Å². The first-order valence-electron chi connectivity index (χ1n) is 11.0. The predicted octanol–water partition coefficient (Wildman–Crippen LogP) is 6.03. The second kappa shape index (κ2) is 11.1. The third-order valence-electron chi connectivity index (χ3n) is 5.20. The van der Waals surface area contributed by atoms with Crippen molar-refractivity contribution in [2.24, 2.45) is 0 Å². The van der Waals surface area contributed by atoms with Crippen LogP contribution in [0.1, 0.15) is 78.8 Å². The van der Waals surface area contributed by atoms with Crippen molar-refractivity contribution in [3.05, 3.63) is 69.9 Å². The number of aromatic nitrogens is 1. The second-order valence-corrected chi connectivity index (χ2v) is 6.88. The van der Waals surface area contributed by atoms with Crippen LogP contribution >= 0.6 is 0 Å². The average Bonchev–Trinajstić information content (AvgIpc) is 2.82. The lowest BCUT2D eigenvalue weighted by molar-refractivity contribution is 0.0695. The van der Waals surface area contributed by atoms with Crippen LogP contribution in [0, 0.1) is 11.3 Å². The summed E-state index contributed by atoms with van der Waals surface area (Å²) in [5, 5.41) is 29.7. The summed E-state index contributed by atoms with van der Waals surface area (Å²) >= 11 is 0. The van der Waals surface area contributed by atoms with Gasteiger partial charge in [-0.3, -0.25) is 0 Å². The zero-order valence-corrected chi connectivity index (χ0v) is 18.7. The minimum atomic E-state index is -1.16. The molecular formula is C26H30N2O3. The third kappa shape index (κ3) is 5.03. The minimum Gasteiger partial charge on any atom is -0.505 e. The molecule has 0 bridgehead atoms. The van der Waals surface area contributed by atoms with E-state index in [2.05, 4.69) is 6.07 Å². The molecule has 2 aromatic carbocycles. The maximum Gasteiger partial charge on any atom is 0.340 e. The number of rotatable bonds is 3. The number of hydrogen-bond acceptors (Lipinski definition) is 4. The predicted molar refractivity (Wildman–Crippen MR) is 124 cm³/mol. The van der Waals surface area contributed by atoms with Gasteiger partial charge in [-0.25, -0.2) is 9.78 Å². The van der Waals surface area contributed by atoms with E-state index in [4.69, 9.17) is 10.2 Å². The Labute approximate surface area is 184 Å². The van der Waals surface area contributed by atoms with E-state index in [1.165, 1.54) is 5.56 Å². The molecular weight excluding hydrogens is 388 g/mol. The van der Waals surface area contributed by atoms with Gasteiger partial charge in [0.25, 0.3) is 0 Å². The van der Waals surface area contributed by atoms with Crippen LogP contribution in [0.5, 0.6) is 5.75 Å². The molecule has 1 aliphatic rings. The van der Waals surface area contributed by atoms with Crippen LogP contribution in [0.3, 0.4) is 0 Å². The first-order valence-corrected chi connectivity index (χ1v) is 11.0. The largest absolute Gasteiger partial charge is 0.505 e. The maximum absolute atomic E-state index is 11.9. The number of aromatic hydroxyl groups is 1. The number of nitriles is 1. The molecule has 5 nitrogen and oxygen atoms in total. The molecule has 0 saturated carbocycles. The molecule has 1 heterocycles. The van der Waals surface area contributed by atoms with Crippen molar-refractivity contribution in [3.63, 3.8) is 0 Å². The van der Waals surface area contributed by atoms with Crippen molar-refractivity contribution in [1.82, 2.24) is 4.98 Å². The summed E-state index contributed by atoms with van der Waals surface area (Å²) in [4.78, 5) is 16.6. The molecule has 31 heavy (non-hydrogen) atoms. The number of aryl methyl sites for hydroxylation is 2. The molecule has 0 radical (unpaired) electrons. The lowest BCUT2D eigenvalue weighted by Crippen LogP contribution is -2.09. The van der Waals surface area contributed by atoms with Gasteiger partial charge in [0.1, 0.15) is 5.56 Å². The molecule has 3 aromatic rings. The van der Waals surface area contributed by atoms with E-state index >= 15 is 0 Å². The van der Waals surface area contributed by atoms with Crippen molar-refractivity contribution in [2.75, 3.05) is 0 Å². The summed E-state index contributed by atoms with van der Waals surface area (Å²) in [6.45, 7) is 8.00. The van der Waals surface area contributed by atoms with E-state index in [9.17, 15) is 15.0 Å². The van der Waals surface area contributed by atoms with Gasteiger partial charge in [0, 0.05) is 11.8 Å². The molecule has 5 heteroatoms. The number of hydrogen-bond donors (Lipinski definition) is 2. The maximum atomic E-state index is 11.9. The van der Waals surface area contributed by atoms with Crippen molar-refractivity contribution in [3.8, 4) is 11.8 Å². The fourth-order valence-electron chi connectivity index (χ4n) is 3.83. The monoisotopic (exact) mass is 418 g/mol. The first-order chi connectivity index (χ1) is 15.1. The quantitative estimate of drug-likeness (QED) is 0.541. The smallest absolute Gasteiger partial charge is 0.340 e. The number of carboxylic acids is 1. The third-order valence-corrected chi connectivity index (χ3v) is 5.20. The number of carbonyl (C=O) groups is 1. The Bertz CT molecular complexity index is 1100. The summed E-state index contributed by atoms with van der Waals surface area (Å²) in [7, 11) is 0. The molecule has 1 aromatic heterocycles. The highest BCUT2D eigenvalue weighted by molar-refractivity contribution is 6.06. The molecule has 0 aliphatic heterocycles. The normalized spacial score (nSPS) is 11.8. The van der Waals surface area contributed by atoms with E-state index in [0.29, 0.717) is 28.6 Å². The summed E-state index contributed by atoms with van der Waals surface area (Å²) in [6.07, 6.45) is 4.33. The van der Waals surface area contributed by atoms with Crippen LogP contribution < -0.4 is 0 Å². The van der Waals surface area contributed by atoms with Gasteiger partial charge in [-0.05, 0) is 54.5 Å². The number of carboxylic acid groups (broad SMARTS) is 1. The molecule has 0 saturated heterocycles. The molecule has 0 unspecified atom stereocenters. The highest BCUT2D eigenvalue weighted by Crippen LogP contribution is 2.35. The molecule has 4 rings (SSSR count). The van der Waals surface area contributed by atoms with Crippen molar-refractivity contribution in [1.29, 1.82) is 5.26 Å². The summed E-state index contributed by atoms with van der Waals surface area (Å²) in [6, 6.07) is 12.8. The van der Waals surface area contributed by atoms with Gasteiger partial charge in [0.15, 0.2) is 5.75 Å². The number of nitrogens with zero attached hydrogens (tertiary/aromatic N) is 2. The fraction of sp³-hybridized carbons (Fsp3) is 0.346. The zero-order chi connectivity index (χ0) is 23.0. The summed E-state index contributed by atoms with van der Waals surface area (Å²) < 4.78 is 0. The van der Waals surface area contributed by atoms with Crippen molar-refractivity contribution < 1.29 is 15.0 Å². The van der Waals surface area contributed by atoms with Gasteiger partial charge in [0.05, 0.1) is 22.8 Å². The number of aromatic carboxylic acids is 1. The molecule has 1 aliphatic carbocycles. The van der Waals surface area contributed by atoms with E-state index in [0.717, 1.165) is 36.8 Å². The van der Waals surface area contributed by atoms with Gasteiger partial charge >= 0.3 is 5.97 Å². The Hall–Kier alpha value is -3.39. The second-order valence-electron chi connectivity index (χ2n) is 6.88. The van der Waals surface area contributed by atoms with Gasteiger partial charge < -0.3 is 10.2 Å². The SMILES string of the molecule is CC.CC.N#Cc1ccc(Cc2nc3c4c(ccc3c(C(=O)O)c2O)CCCC4)cc1. The lowest BCUT2D eigenvalue weighted by atomic mass is 9.88. The highest BCUT2D eigenvalue weighted by Gasteiger charge is 2.23. The first kappa shape index (κ1) is 23.9. The molecule has 2 N–H and O–H groups in total. The number of benzene rings is 2. The highest BCUT2D eigenvalue weighted by atomic mass is 16.4. The molecule has 0 atom stereocenters. The van der Waals surface area contributed by atoms with Crippen LogP contribution in [-0.4, -0.2) is 21.2 Å². The van der Waals surface area contributed by atoms with E-state index in [-0.39, 0.29) is 11.3 Å². The van der Waals surface area contributed by atoms with E-state index < -0.39 is 5.97 Å². The molecule has 0 amide bonds. The van der Waals surface area contributed by atoms with Crippen LogP contribution in [0.25, 0.3) is 10.9 Å². The van der Waals surface area contributed by atoms with Crippen LogP contribution in [0.2, 0.25) is 0 Å². The minimum absolute atomic E-state index is 0.0861. The Morgan fingerprint density at radius 3 is 2.29 bits per heavy atom. The number of fused-ring (bicyclic) bond motifs is 3.